The van der Waals surface area contributed by atoms with Gasteiger partial charge in [-0.15, -0.1) is 0 Å². The highest BCUT2D eigenvalue weighted by Crippen LogP contribution is 2.45. The van der Waals surface area contributed by atoms with Crippen molar-refractivity contribution < 1.29 is 80.2 Å². The van der Waals surface area contributed by atoms with Crippen molar-refractivity contribution in [1.82, 2.24) is 0 Å². The monoisotopic (exact) mass is 1590 g/mol. The Hall–Kier alpha value is -1.94. The second-order valence-electron chi connectivity index (χ2n) is 33.3. The van der Waals surface area contributed by atoms with Gasteiger partial charge in [0.2, 0.25) is 0 Å². The number of unbranched alkanes of at least 4 members (excludes halogenated alkanes) is 54. The summed E-state index contributed by atoms with van der Waals surface area (Å²) in [6.07, 6.45) is 72.4. The summed E-state index contributed by atoms with van der Waals surface area (Å²) < 4.78 is 68.9. The van der Waals surface area contributed by atoms with Crippen LogP contribution in [0.4, 0.5) is 0 Å². The molecule has 0 amide bonds. The van der Waals surface area contributed by atoms with Crippen LogP contribution in [0.15, 0.2) is 0 Å². The van der Waals surface area contributed by atoms with Gasteiger partial charge in [-0.2, -0.15) is 0 Å². The zero-order chi connectivity index (χ0) is 80.0. The number of phosphoric ester groups is 2. The van der Waals surface area contributed by atoms with E-state index in [1.165, 1.54) is 276 Å². The number of ether oxygens (including phenoxy) is 4. The molecule has 17 nitrogen and oxygen atoms in total. The van der Waals surface area contributed by atoms with Gasteiger partial charge in [-0.1, -0.05) is 427 Å². The molecule has 4 unspecified atom stereocenters. The number of esters is 4. The first-order valence-electron chi connectivity index (χ1n) is 46.4. The molecule has 0 saturated heterocycles. The van der Waals surface area contributed by atoms with E-state index in [-0.39, 0.29) is 25.7 Å². The van der Waals surface area contributed by atoms with Gasteiger partial charge in [0.25, 0.3) is 0 Å². The highest BCUT2D eigenvalue weighted by molar-refractivity contribution is 7.47. The summed E-state index contributed by atoms with van der Waals surface area (Å²) in [5.74, 6) is 0.443. The van der Waals surface area contributed by atoms with E-state index >= 15 is 0 Å². The second-order valence-corrected chi connectivity index (χ2v) is 36.2. The molecule has 0 aromatic heterocycles. The molecule has 0 saturated carbocycles. The molecule has 0 bridgehead atoms. The van der Waals surface area contributed by atoms with Crippen molar-refractivity contribution in [3.8, 4) is 0 Å². The van der Waals surface area contributed by atoms with E-state index in [0.29, 0.717) is 25.7 Å². The Kier molecular flexibility index (Phi) is 78.5. The molecule has 0 aliphatic rings. The maximum Gasteiger partial charge on any atom is 0.472 e. The third kappa shape index (κ3) is 81.0. The standard InChI is InChI=1S/C90H176O17P2/c1-8-11-12-13-47-57-64-71-87(92)100-77-85(106-89(94)73-67-60-53-46-40-34-28-22-23-29-35-41-48-54-61-68-81(4)5)79-104-108(96,97)102-75-84(91)76-103-109(98,99)105-80-86(107-90(95)74-66-59-52-45-39-33-27-21-17-15-19-25-31-37-43-50-56-63-70-83(7)10-3)78-101-88(93)72-65-58-51-44-38-32-26-20-16-14-18-24-30-36-42-49-55-62-69-82(6)9-2/h81-86,91H,8-80H2,1-7H3,(H,96,97)(H,98,99)/t82?,83?,84-,85+,86+/m0/s1. The van der Waals surface area contributed by atoms with Crippen LogP contribution in [-0.4, -0.2) is 96.7 Å². The fraction of sp³-hybridized carbons (Fsp3) is 0.956. The Morgan fingerprint density at radius 1 is 0.266 bits per heavy atom. The quantitative estimate of drug-likeness (QED) is 0.0222. The van der Waals surface area contributed by atoms with Crippen molar-refractivity contribution in [2.45, 2.75) is 497 Å². The van der Waals surface area contributed by atoms with Crippen LogP contribution < -0.4 is 0 Å². The lowest BCUT2D eigenvalue weighted by molar-refractivity contribution is -0.161. The average Bonchev–Trinajstić information content (AvgIpc) is 0.910. The lowest BCUT2D eigenvalue weighted by Gasteiger charge is -2.21. The molecule has 0 spiro atoms. The predicted octanol–water partition coefficient (Wildman–Crippen LogP) is 27.6. The number of rotatable bonds is 88. The van der Waals surface area contributed by atoms with Gasteiger partial charge < -0.3 is 33.8 Å². The lowest BCUT2D eigenvalue weighted by Crippen LogP contribution is -2.30. The molecule has 3 N–H and O–H groups in total. The first kappa shape index (κ1) is 107. The summed E-state index contributed by atoms with van der Waals surface area (Å²) in [6.45, 7) is 12.1. The highest BCUT2D eigenvalue weighted by atomic mass is 31.2. The van der Waals surface area contributed by atoms with E-state index < -0.39 is 97.5 Å². The predicted molar refractivity (Wildman–Crippen MR) is 451 cm³/mol. The largest absolute Gasteiger partial charge is 0.472 e. The SMILES string of the molecule is CCCCCCCCCC(=O)OC[C@H](COP(=O)(O)OC[C@H](O)COP(=O)(O)OC[C@@H](COC(=O)CCCCCCCCCCCCCCCCCCCCC(C)CC)OC(=O)CCCCCCCCCCCCCCCCCCCCC(C)CC)OC(=O)CCCCCCCCCCCCCCCCCC(C)C. The van der Waals surface area contributed by atoms with Crippen LogP contribution in [0.1, 0.15) is 479 Å². The van der Waals surface area contributed by atoms with Gasteiger partial charge in [0.15, 0.2) is 12.2 Å². The van der Waals surface area contributed by atoms with E-state index in [9.17, 15) is 43.2 Å². The number of hydrogen-bond donors (Lipinski definition) is 3. The molecule has 0 fully saturated rings. The van der Waals surface area contributed by atoms with Crippen LogP contribution in [0.25, 0.3) is 0 Å². The minimum atomic E-state index is -4.97. The minimum absolute atomic E-state index is 0.108. The van der Waals surface area contributed by atoms with Crippen LogP contribution in [0.2, 0.25) is 0 Å². The fourth-order valence-corrected chi connectivity index (χ4v) is 15.6. The summed E-state index contributed by atoms with van der Waals surface area (Å²) >= 11 is 0. The fourth-order valence-electron chi connectivity index (χ4n) is 14.0. The Labute approximate surface area is 670 Å². The molecule has 0 aromatic rings. The van der Waals surface area contributed by atoms with Crippen LogP contribution >= 0.6 is 15.6 Å². The number of aliphatic hydroxyl groups excluding tert-OH is 1. The molecule has 0 radical (unpaired) electrons. The maximum atomic E-state index is 13.2. The van der Waals surface area contributed by atoms with Gasteiger partial charge in [-0.3, -0.25) is 37.3 Å². The van der Waals surface area contributed by atoms with E-state index in [1.807, 2.05) is 0 Å². The van der Waals surface area contributed by atoms with Gasteiger partial charge in [-0.25, -0.2) is 9.13 Å². The van der Waals surface area contributed by atoms with Crippen LogP contribution in [0.3, 0.4) is 0 Å². The maximum absolute atomic E-state index is 13.2. The molecule has 648 valence electrons. The average molecular weight is 1590 g/mol. The zero-order valence-electron chi connectivity index (χ0n) is 72.0. The van der Waals surface area contributed by atoms with Crippen LogP contribution in [-0.2, 0) is 65.4 Å². The van der Waals surface area contributed by atoms with E-state index in [0.717, 1.165) is 120 Å². The van der Waals surface area contributed by atoms with E-state index in [2.05, 4.69) is 48.5 Å². The number of phosphoric acid groups is 2. The molecule has 0 aliphatic heterocycles. The van der Waals surface area contributed by atoms with Crippen LogP contribution in [0.5, 0.6) is 0 Å². The molecule has 0 aromatic carbocycles. The molecule has 19 heteroatoms. The molecule has 109 heavy (non-hydrogen) atoms. The summed E-state index contributed by atoms with van der Waals surface area (Å²) in [4.78, 5) is 73.2. The van der Waals surface area contributed by atoms with E-state index in [4.69, 9.17) is 37.0 Å². The Bertz CT molecular complexity index is 2100. The summed E-state index contributed by atoms with van der Waals surface area (Å²) in [6, 6.07) is 0. The minimum Gasteiger partial charge on any atom is -0.462 e. The van der Waals surface area contributed by atoms with Gasteiger partial charge in [0, 0.05) is 25.7 Å². The molecular formula is C90H176O17P2. The van der Waals surface area contributed by atoms with Crippen LogP contribution in [0, 0.1) is 17.8 Å². The van der Waals surface area contributed by atoms with Crippen molar-refractivity contribution in [2.24, 2.45) is 17.8 Å². The topological polar surface area (TPSA) is 237 Å². The molecule has 7 atom stereocenters. The van der Waals surface area contributed by atoms with Gasteiger partial charge >= 0.3 is 39.5 Å². The lowest BCUT2D eigenvalue weighted by atomic mass is 9.99. The van der Waals surface area contributed by atoms with Crippen molar-refractivity contribution in [1.29, 1.82) is 0 Å². The van der Waals surface area contributed by atoms with Crippen molar-refractivity contribution >= 4 is 39.5 Å². The van der Waals surface area contributed by atoms with Crippen molar-refractivity contribution in [3.05, 3.63) is 0 Å². The van der Waals surface area contributed by atoms with Gasteiger partial charge in [0.05, 0.1) is 26.4 Å². The first-order chi connectivity index (χ1) is 52.8. The molecule has 0 heterocycles. The summed E-state index contributed by atoms with van der Waals surface area (Å²) in [7, 11) is -9.93. The number of carbonyl (C=O) groups is 4. The number of carbonyl (C=O) groups excluding carboxylic acids is 4. The highest BCUT2D eigenvalue weighted by Gasteiger charge is 2.31. The summed E-state index contributed by atoms with van der Waals surface area (Å²) in [5.41, 5.74) is 0. The summed E-state index contributed by atoms with van der Waals surface area (Å²) in [5, 5.41) is 10.7. The van der Waals surface area contributed by atoms with Gasteiger partial charge in [0.1, 0.15) is 19.3 Å². The second kappa shape index (κ2) is 79.9. The Morgan fingerprint density at radius 2 is 0.468 bits per heavy atom. The molecule has 0 aliphatic carbocycles. The third-order valence-electron chi connectivity index (χ3n) is 21.9. The van der Waals surface area contributed by atoms with Gasteiger partial charge in [-0.05, 0) is 43.4 Å². The smallest absolute Gasteiger partial charge is 0.462 e. The number of hydrogen-bond acceptors (Lipinski definition) is 15. The normalized spacial score (nSPS) is 14.3. The van der Waals surface area contributed by atoms with Crippen molar-refractivity contribution in [3.63, 3.8) is 0 Å². The zero-order valence-corrected chi connectivity index (χ0v) is 73.8. The molecule has 0 rings (SSSR count). The Morgan fingerprint density at radius 3 is 0.697 bits per heavy atom. The Balaban J connectivity index is 5.15. The third-order valence-corrected chi connectivity index (χ3v) is 23.8. The number of aliphatic hydroxyl groups is 1. The molecular weight excluding hydrogens is 1410 g/mol. The first-order valence-corrected chi connectivity index (χ1v) is 49.4. The van der Waals surface area contributed by atoms with Crippen molar-refractivity contribution in [2.75, 3.05) is 39.6 Å². The van der Waals surface area contributed by atoms with E-state index in [1.54, 1.807) is 0 Å².